The number of nitrogens with two attached hydrogens (primary N) is 1. The molecule has 1 fully saturated rings. The number of nitrogens with zero attached hydrogens (tertiary/aromatic N) is 1. The van der Waals surface area contributed by atoms with Gasteiger partial charge in [-0.3, -0.25) is 9.78 Å². The van der Waals surface area contributed by atoms with E-state index in [1.54, 1.807) is 0 Å². The molecular formula is C20H20F5N3O4S. The monoisotopic (exact) mass is 493 g/mol. The number of amides is 1. The smallest absolute Gasteiger partial charge is 0.417 e. The number of aromatic nitrogens is 1. The first-order valence-corrected chi connectivity index (χ1v) is 10.7. The van der Waals surface area contributed by atoms with E-state index >= 15 is 0 Å². The number of anilines is 1. The third-order valence-electron chi connectivity index (χ3n) is 5.71. The molecule has 1 aromatic heterocycles. The molecular weight excluding hydrogens is 473 g/mol. The van der Waals surface area contributed by atoms with Crippen molar-refractivity contribution in [2.45, 2.75) is 37.0 Å². The molecule has 1 aliphatic heterocycles. The number of carbonyl (C=O) groups is 1. The molecule has 33 heavy (non-hydrogen) atoms. The largest absolute Gasteiger partial charge is 0.493 e. The highest BCUT2D eigenvalue weighted by Crippen LogP contribution is 2.55. The number of ether oxygens (including phenoxy) is 2. The van der Waals surface area contributed by atoms with E-state index in [1.807, 2.05) is 0 Å². The number of alkyl halides is 3. The van der Waals surface area contributed by atoms with Gasteiger partial charge in [0.2, 0.25) is 5.82 Å². The summed E-state index contributed by atoms with van der Waals surface area (Å²) in [4.78, 5) is 15.1. The van der Waals surface area contributed by atoms with Crippen molar-refractivity contribution in [3.05, 3.63) is 53.4 Å². The molecule has 0 bridgehead atoms. The van der Waals surface area contributed by atoms with Crippen LogP contribution >= 0.6 is 0 Å². The number of rotatable bonds is 6. The molecule has 1 aliphatic rings. The Hall–Kier alpha value is -2.80. The summed E-state index contributed by atoms with van der Waals surface area (Å²) in [5.74, 6) is -6.81. The van der Waals surface area contributed by atoms with Crippen LogP contribution in [0.15, 0.2) is 30.5 Å². The number of pyridine rings is 1. The topological polar surface area (TPSA) is 104 Å². The lowest BCUT2D eigenvalue weighted by molar-refractivity contribution is -0.269. The summed E-state index contributed by atoms with van der Waals surface area (Å²) in [6.07, 6.45) is -3.68. The standard InChI is InChI=1S/C20H20F5N3O4S/c1-9-14(11-4-5-12(21)15(22)16(11)31-3)18(32-19(9,2)20(23,24)25)33(30)28-10-6-7-27-13(8-10)17(26)29/h4-9,14,18H,1-3H3,(H2,26,29)(H,27,28)/t9-,14-,18-,19+,33?/m0/s1. The number of halogens is 5. The van der Waals surface area contributed by atoms with Crippen molar-refractivity contribution in [2.24, 2.45) is 11.7 Å². The van der Waals surface area contributed by atoms with E-state index in [1.165, 1.54) is 19.2 Å². The molecule has 1 unspecified atom stereocenters. The Labute approximate surface area is 188 Å². The van der Waals surface area contributed by atoms with Crippen molar-refractivity contribution >= 4 is 22.6 Å². The first-order chi connectivity index (χ1) is 15.3. The molecule has 2 aromatic rings. The Balaban J connectivity index is 2.07. The molecule has 180 valence electrons. The van der Waals surface area contributed by atoms with E-state index in [4.69, 9.17) is 15.2 Å². The zero-order chi connectivity index (χ0) is 24.7. The Bertz CT molecular complexity index is 1100. The molecule has 13 heteroatoms. The average molecular weight is 493 g/mol. The van der Waals surface area contributed by atoms with Crippen molar-refractivity contribution in [1.82, 2.24) is 4.98 Å². The molecule has 3 rings (SSSR count). The van der Waals surface area contributed by atoms with Crippen molar-refractivity contribution in [1.29, 1.82) is 0 Å². The fourth-order valence-electron chi connectivity index (χ4n) is 3.74. The van der Waals surface area contributed by atoms with Crippen LogP contribution in [0.25, 0.3) is 0 Å². The number of benzene rings is 1. The maximum Gasteiger partial charge on any atom is 0.417 e. The SMILES string of the molecule is COc1c([C@H]2[C@H](S(=O)Nc3ccnc(C(N)=O)c3)O[C@@](C)(C(F)(F)F)[C@H]2C)ccc(F)c1F. The molecule has 1 saturated heterocycles. The highest BCUT2D eigenvalue weighted by Gasteiger charge is 2.65. The second-order valence-electron chi connectivity index (χ2n) is 7.58. The van der Waals surface area contributed by atoms with Crippen LogP contribution in [0.1, 0.15) is 35.8 Å². The van der Waals surface area contributed by atoms with Gasteiger partial charge in [0.25, 0.3) is 5.91 Å². The first kappa shape index (κ1) is 24.8. The molecule has 1 amide bonds. The second-order valence-corrected chi connectivity index (χ2v) is 8.85. The number of hydrogen-bond donors (Lipinski definition) is 2. The van der Waals surface area contributed by atoms with Gasteiger partial charge in [0, 0.05) is 23.6 Å². The summed E-state index contributed by atoms with van der Waals surface area (Å²) in [5.41, 5.74) is 0.514. The van der Waals surface area contributed by atoms with Gasteiger partial charge in [0.1, 0.15) is 16.7 Å². The molecule has 0 spiro atoms. The van der Waals surface area contributed by atoms with Gasteiger partial charge in [-0.15, -0.1) is 0 Å². The highest BCUT2D eigenvalue weighted by atomic mass is 32.2. The van der Waals surface area contributed by atoms with Crippen molar-refractivity contribution in [2.75, 3.05) is 11.8 Å². The maximum atomic E-state index is 14.4. The fraction of sp³-hybridized carbons (Fsp3) is 0.400. The number of methoxy groups -OCH3 is 1. The second kappa shape index (κ2) is 8.86. The third kappa shape index (κ3) is 4.38. The van der Waals surface area contributed by atoms with Gasteiger partial charge < -0.3 is 19.9 Å². The van der Waals surface area contributed by atoms with Crippen LogP contribution in [-0.2, 0) is 15.7 Å². The summed E-state index contributed by atoms with van der Waals surface area (Å²) in [7, 11) is -1.31. The van der Waals surface area contributed by atoms with Crippen LogP contribution in [0.4, 0.5) is 27.6 Å². The van der Waals surface area contributed by atoms with E-state index in [-0.39, 0.29) is 16.9 Å². The summed E-state index contributed by atoms with van der Waals surface area (Å²) in [5, 5.41) is 0. The summed E-state index contributed by atoms with van der Waals surface area (Å²) < 4.78 is 95.8. The molecule has 1 aromatic carbocycles. The average Bonchev–Trinajstić information content (AvgIpc) is 3.02. The van der Waals surface area contributed by atoms with Crippen molar-refractivity contribution in [3.63, 3.8) is 0 Å². The Morgan fingerprint density at radius 1 is 1.30 bits per heavy atom. The Morgan fingerprint density at radius 2 is 1.97 bits per heavy atom. The summed E-state index contributed by atoms with van der Waals surface area (Å²) in [6.45, 7) is 2.01. The maximum absolute atomic E-state index is 14.4. The van der Waals surface area contributed by atoms with Gasteiger partial charge in [-0.05, 0) is 25.1 Å². The minimum absolute atomic E-state index is 0.0741. The Morgan fingerprint density at radius 3 is 2.55 bits per heavy atom. The van der Waals surface area contributed by atoms with Gasteiger partial charge in [-0.2, -0.15) is 17.6 Å². The minimum Gasteiger partial charge on any atom is -0.493 e. The van der Waals surface area contributed by atoms with Crippen LogP contribution in [0.2, 0.25) is 0 Å². The normalized spacial score (nSPS) is 26.1. The van der Waals surface area contributed by atoms with E-state index in [0.29, 0.717) is 0 Å². The van der Waals surface area contributed by atoms with Crippen LogP contribution in [0, 0.1) is 17.6 Å². The Kier molecular flexibility index (Phi) is 6.67. The predicted molar refractivity (Wildman–Crippen MR) is 109 cm³/mol. The van der Waals surface area contributed by atoms with Crippen LogP contribution in [-0.4, -0.2) is 39.4 Å². The molecule has 0 saturated carbocycles. The lowest BCUT2D eigenvalue weighted by Gasteiger charge is -2.31. The number of hydrogen-bond acceptors (Lipinski definition) is 5. The summed E-state index contributed by atoms with van der Waals surface area (Å²) >= 11 is 0. The highest BCUT2D eigenvalue weighted by molar-refractivity contribution is 7.86. The van der Waals surface area contributed by atoms with E-state index in [0.717, 1.165) is 32.2 Å². The van der Waals surface area contributed by atoms with Gasteiger partial charge in [0.05, 0.1) is 12.8 Å². The molecule has 5 atom stereocenters. The molecule has 0 radical (unpaired) electrons. The van der Waals surface area contributed by atoms with Crippen LogP contribution in [0.5, 0.6) is 5.75 Å². The number of primary amides is 1. The van der Waals surface area contributed by atoms with Crippen LogP contribution in [0.3, 0.4) is 0 Å². The lowest BCUT2D eigenvalue weighted by atomic mass is 9.79. The first-order valence-electron chi connectivity index (χ1n) is 9.51. The van der Waals surface area contributed by atoms with Gasteiger partial charge in [-0.1, -0.05) is 13.0 Å². The van der Waals surface area contributed by atoms with E-state index < -0.39 is 63.3 Å². The minimum atomic E-state index is -4.87. The van der Waals surface area contributed by atoms with Crippen molar-refractivity contribution < 1.29 is 40.4 Å². The van der Waals surface area contributed by atoms with Crippen molar-refractivity contribution in [3.8, 4) is 5.75 Å². The quantitative estimate of drug-likeness (QED) is 0.598. The van der Waals surface area contributed by atoms with Gasteiger partial charge >= 0.3 is 6.18 Å². The number of nitrogens with one attached hydrogen (secondary N) is 1. The van der Waals surface area contributed by atoms with Crippen LogP contribution < -0.4 is 15.2 Å². The molecule has 0 aliphatic carbocycles. The zero-order valence-corrected chi connectivity index (χ0v) is 18.4. The van der Waals surface area contributed by atoms with Gasteiger partial charge in [-0.25, -0.2) is 8.60 Å². The van der Waals surface area contributed by atoms with E-state index in [9.17, 15) is 31.0 Å². The fourth-order valence-corrected chi connectivity index (χ4v) is 5.15. The zero-order valence-electron chi connectivity index (χ0n) is 17.6. The molecule has 3 N–H and O–H groups in total. The molecule has 2 heterocycles. The van der Waals surface area contributed by atoms with E-state index in [2.05, 4.69) is 9.71 Å². The summed E-state index contributed by atoms with van der Waals surface area (Å²) in [6, 6.07) is 4.30. The number of carbonyl (C=O) groups excluding carboxylic acids is 1. The molecule has 7 nitrogen and oxygen atoms in total. The van der Waals surface area contributed by atoms with Gasteiger partial charge in [0.15, 0.2) is 22.6 Å². The lowest BCUT2D eigenvalue weighted by Crippen LogP contribution is -2.47. The third-order valence-corrected chi connectivity index (χ3v) is 6.96. The predicted octanol–water partition coefficient (Wildman–Crippen LogP) is 3.64.